The second-order valence-electron chi connectivity index (χ2n) is 4.59. The molecular formula is C11H17ClN2O2. The molecule has 0 aliphatic rings. The summed E-state index contributed by atoms with van der Waals surface area (Å²) in [6.07, 6.45) is 0. The second kappa shape index (κ2) is 4.87. The van der Waals surface area contributed by atoms with Crippen LogP contribution < -0.4 is 0 Å². The third kappa shape index (κ3) is 2.55. The number of halogens is 1. The van der Waals surface area contributed by atoms with Crippen molar-refractivity contribution in [2.75, 3.05) is 0 Å². The lowest BCUT2D eigenvalue weighted by Gasteiger charge is -2.05. The molecule has 90 valence electrons. The van der Waals surface area contributed by atoms with E-state index in [1.54, 1.807) is 4.68 Å². The minimum Gasteiger partial charge on any atom is -0.478 e. The van der Waals surface area contributed by atoms with Crippen molar-refractivity contribution < 1.29 is 9.90 Å². The summed E-state index contributed by atoms with van der Waals surface area (Å²) in [6.45, 7) is 8.52. The highest BCUT2D eigenvalue weighted by atomic mass is 35.5. The van der Waals surface area contributed by atoms with Crippen molar-refractivity contribution in [2.24, 2.45) is 5.92 Å². The fourth-order valence-corrected chi connectivity index (χ4v) is 1.81. The van der Waals surface area contributed by atoms with E-state index in [0.29, 0.717) is 18.2 Å². The average Bonchev–Trinajstić information content (AvgIpc) is 2.43. The van der Waals surface area contributed by atoms with E-state index in [-0.39, 0.29) is 16.6 Å². The van der Waals surface area contributed by atoms with Gasteiger partial charge in [-0.2, -0.15) is 5.10 Å². The van der Waals surface area contributed by atoms with E-state index in [9.17, 15) is 4.79 Å². The molecule has 0 atom stereocenters. The molecule has 0 radical (unpaired) electrons. The third-order valence-corrected chi connectivity index (χ3v) is 2.60. The number of aromatic carboxylic acids is 1. The summed E-state index contributed by atoms with van der Waals surface area (Å²) in [4.78, 5) is 11.1. The highest BCUT2D eigenvalue weighted by molar-refractivity contribution is 6.32. The van der Waals surface area contributed by atoms with Gasteiger partial charge in [0.05, 0.1) is 5.69 Å². The number of aromatic nitrogens is 2. The first-order valence-electron chi connectivity index (χ1n) is 5.34. The Morgan fingerprint density at radius 2 is 2.00 bits per heavy atom. The number of carboxylic acid groups (broad SMARTS) is 1. The molecule has 0 aliphatic carbocycles. The Balaban J connectivity index is 3.24. The summed E-state index contributed by atoms with van der Waals surface area (Å²) >= 11 is 6.03. The molecule has 1 rings (SSSR count). The maximum absolute atomic E-state index is 11.1. The van der Waals surface area contributed by atoms with Crippen molar-refractivity contribution in [3.8, 4) is 0 Å². The van der Waals surface area contributed by atoms with Crippen LogP contribution in [-0.4, -0.2) is 20.9 Å². The zero-order valence-electron chi connectivity index (χ0n) is 9.99. The minimum atomic E-state index is -1.01. The molecule has 0 aliphatic heterocycles. The quantitative estimate of drug-likeness (QED) is 0.886. The average molecular weight is 245 g/mol. The highest BCUT2D eigenvalue weighted by Gasteiger charge is 2.24. The van der Waals surface area contributed by atoms with Gasteiger partial charge in [0.1, 0.15) is 10.7 Å². The van der Waals surface area contributed by atoms with Crippen molar-refractivity contribution in [2.45, 2.75) is 40.2 Å². The van der Waals surface area contributed by atoms with Crippen LogP contribution in [0.1, 0.15) is 49.7 Å². The van der Waals surface area contributed by atoms with E-state index in [0.717, 1.165) is 0 Å². The van der Waals surface area contributed by atoms with Crippen LogP contribution in [0, 0.1) is 5.92 Å². The predicted octanol–water partition coefficient (Wildman–Crippen LogP) is 3.01. The maximum Gasteiger partial charge on any atom is 0.340 e. The van der Waals surface area contributed by atoms with Crippen molar-refractivity contribution in [3.05, 3.63) is 16.4 Å². The van der Waals surface area contributed by atoms with E-state index in [1.165, 1.54) is 0 Å². The summed E-state index contributed by atoms with van der Waals surface area (Å²) in [6, 6.07) is 0. The fraction of sp³-hybridized carbons (Fsp3) is 0.636. The van der Waals surface area contributed by atoms with Gasteiger partial charge in [0, 0.05) is 6.54 Å². The Bertz CT molecular complexity index is 397. The largest absolute Gasteiger partial charge is 0.478 e. The Morgan fingerprint density at radius 1 is 1.44 bits per heavy atom. The second-order valence-corrected chi connectivity index (χ2v) is 4.94. The summed E-state index contributed by atoms with van der Waals surface area (Å²) in [5, 5.41) is 13.6. The first kappa shape index (κ1) is 13.0. The summed E-state index contributed by atoms with van der Waals surface area (Å²) < 4.78 is 1.57. The lowest BCUT2D eigenvalue weighted by atomic mass is 10.1. The standard InChI is InChI=1S/C11H17ClN2O2/c1-6(2)5-14-10(12)8(11(15)16)9(13-14)7(3)4/h6-7H,5H2,1-4H3,(H,15,16). The molecule has 1 N–H and O–H groups in total. The van der Waals surface area contributed by atoms with Crippen LogP contribution >= 0.6 is 11.6 Å². The molecule has 0 amide bonds. The van der Waals surface area contributed by atoms with Gasteiger partial charge >= 0.3 is 5.97 Å². The van der Waals surface area contributed by atoms with E-state index in [1.807, 2.05) is 27.7 Å². The lowest BCUT2D eigenvalue weighted by molar-refractivity contribution is 0.0695. The van der Waals surface area contributed by atoms with E-state index in [4.69, 9.17) is 16.7 Å². The number of carboxylic acids is 1. The van der Waals surface area contributed by atoms with Gasteiger partial charge in [-0.25, -0.2) is 4.79 Å². The molecule has 0 unspecified atom stereocenters. The highest BCUT2D eigenvalue weighted by Crippen LogP contribution is 2.26. The summed E-state index contributed by atoms with van der Waals surface area (Å²) in [5.74, 6) is -0.584. The monoisotopic (exact) mass is 244 g/mol. The molecule has 1 aromatic rings. The topological polar surface area (TPSA) is 55.1 Å². The van der Waals surface area contributed by atoms with Gasteiger partial charge in [-0.1, -0.05) is 39.3 Å². The molecule has 0 bridgehead atoms. The minimum absolute atomic E-state index is 0.0528. The van der Waals surface area contributed by atoms with Crippen molar-refractivity contribution in [3.63, 3.8) is 0 Å². The number of hydrogen-bond donors (Lipinski definition) is 1. The summed E-state index contributed by atoms with van der Waals surface area (Å²) in [5.41, 5.74) is 0.690. The van der Waals surface area contributed by atoms with Crippen LogP contribution in [-0.2, 0) is 6.54 Å². The molecular weight excluding hydrogens is 228 g/mol. The Hall–Kier alpha value is -1.03. The predicted molar refractivity (Wildman–Crippen MR) is 63.1 cm³/mol. The molecule has 5 heteroatoms. The van der Waals surface area contributed by atoms with Gasteiger partial charge in [0.2, 0.25) is 0 Å². The molecule has 1 aromatic heterocycles. The molecule has 0 fully saturated rings. The molecule has 1 heterocycles. The van der Waals surface area contributed by atoms with Crippen LogP contribution in [0.4, 0.5) is 0 Å². The first-order valence-corrected chi connectivity index (χ1v) is 5.71. The Labute approximate surface area is 100 Å². The van der Waals surface area contributed by atoms with E-state index < -0.39 is 5.97 Å². The lowest BCUT2D eigenvalue weighted by Crippen LogP contribution is -2.06. The molecule has 4 nitrogen and oxygen atoms in total. The number of nitrogens with zero attached hydrogens (tertiary/aromatic N) is 2. The van der Waals surface area contributed by atoms with E-state index in [2.05, 4.69) is 5.10 Å². The molecule has 0 saturated heterocycles. The van der Waals surface area contributed by atoms with Crippen molar-refractivity contribution in [1.82, 2.24) is 9.78 Å². The van der Waals surface area contributed by atoms with Gasteiger partial charge in [0.15, 0.2) is 0 Å². The molecule has 16 heavy (non-hydrogen) atoms. The first-order chi connectivity index (χ1) is 7.34. The Kier molecular flexibility index (Phi) is 3.97. The fourth-order valence-electron chi connectivity index (χ4n) is 1.53. The van der Waals surface area contributed by atoms with Gasteiger partial charge in [-0.05, 0) is 11.8 Å². The van der Waals surface area contributed by atoms with E-state index >= 15 is 0 Å². The van der Waals surface area contributed by atoms with Gasteiger partial charge in [-0.3, -0.25) is 4.68 Å². The van der Waals surface area contributed by atoms with Crippen LogP contribution in [0.5, 0.6) is 0 Å². The van der Waals surface area contributed by atoms with Crippen LogP contribution in [0.25, 0.3) is 0 Å². The van der Waals surface area contributed by atoms with Crippen molar-refractivity contribution in [1.29, 1.82) is 0 Å². The van der Waals surface area contributed by atoms with Gasteiger partial charge in [-0.15, -0.1) is 0 Å². The third-order valence-electron chi connectivity index (χ3n) is 2.22. The van der Waals surface area contributed by atoms with Crippen LogP contribution in [0.15, 0.2) is 0 Å². The number of rotatable bonds is 4. The molecule has 0 aromatic carbocycles. The van der Waals surface area contributed by atoms with Crippen LogP contribution in [0.3, 0.4) is 0 Å². The van der Waals surface area contributed by atoms with Crippen molar-refractivity contribution >= 4 is 17.6 Å². The Morgan fingerprint density at radius 3 is 2.31 bits per heavy atom. The zero-order chi connectivity index (χ0) is 12.5. The summed E-state index contributed by atoms with van der Waals surface area (Å²) in [7, 11) is 0. The van der Waals surface area contributed by atoms with Gasteiger partial charge < -0.3 is 5.11 Å². The zero-order valence-corrected chi connectivity index (χ0v) is 10.7. The number of carbonyl (C=O) groups is 1. The molecule has 0 spiro atoms. The SMILES string of the molecule is CC(C)Cn1nc(C(C)C)c(C(=O)O)c1Cl. The maximum atomic E-state index is 11.1. The van der Waals surface area contributed by atoms with Gasteiger partial charge in [0.25, 0.3) is 0 Å². The van der Waals surface area contributed by atoms with Crippen LogP contribution in [0.2, 0.25) is 5.15 Å². The number of hydrogen-bond acceptors (Lipinski definition) is 2. The normalized spacial score (nSPS) is 11.4. The smallest absolute Gasteiger partial charge is 0.340 e. The molecule has 0 saturated carbocycles.